The molecule has 1 fully saturated rings. The van der Waals surface area contributed by atoms with E-state index in [1.54, 1.807) is 0 Å². The fourth-order valence-electron chi connectivity index (χ4n) is 2.83. The van der Waals surface area contributed by atoms with Gasteiger partial charge in [0.25, 0.3) is 0 Å². The standard InChI is InChI=1S/C18H16N2O3/c21-16-15(17(22)20-18(23)19-16)11-14(12-7-3-1-4-8-12)13-9-5-2-6-10-13/h1-10,14-15H,11H2,(H2,19,20,21,22,23). The normalized spacial score (nSPS) is 15.4. The number of hydrogen-bond acceptors (Lipinski definition) is 3. The minimum atomic E-state index is -0.891. The Kier molecular flexibility index (Phi) is 4.19. The van der Waals surface area contributed by atoms with Crippen LogP contribution in [0.15, 0.2) is 60.7 Å². The monoisotopic (exact) mass is 308 g/mol. The molecule has 116 valence electrons. The maximum absolute atomic E-state index is 12.0. The van der Waals surface area contributed by atoms with Crippen molar-refractivity contribution in [1.82, 2.24) is 10.6 Å². The number of nitrogens with one attached hydrogen (secondary N) is 2. The molecule has 1 aliphatic rings. The van der Waals surface area contributed by atoms with Gasteiger partial charge in [-0.3, -0.25) is 20.2 Å². The van der Waals surface area contributed by atoms with Gasteiger partial charge in [-0.1, -0.05) is 60.7 Å². The summed E-state index contributed by atoms with van der Waals surface area (Å²) in [4.78, 5) is 35.2. The summed E-state index contributed by atoms with van der Waals surface area (Å²) in [6.07, 6.45) is 0.305. The highest BCUT2D eigenvalue weighted by Gasteiger charge is 2.36. The Bertz CT molecular complexity index is 669. The van der Waals surface area contributed by atoms with Crippen LogP contribution in [0.3, 0.4) is 0 Å². The summed E-state index contributed by atoms with van der Waals surface area (Å²) in [5.74, 6) is -2.09. The van der Waals surface area contributed by atoms with E-state index in [9.17, 15) is 14.4 Å². The average Bonchev–Trinajstić information content (AvgIpc) is 2.56. The third-order valence-corrected chi connectivity index (χ3v) is 3.98. The number of imide groups is 2. The van der Waals surface area contributed by atoms with E-state index in [0.717, 1.165) is 11.1 Å². The summed E-state index contributed by atoms with van der Waals surface area (Å²) in [6.45, 7) is 0. The SMILES string of the molecule is O=C1NC(=O)C(CC(c2ccccc2)c2ccccc2)C(=O)N1. The number of amides is 4. The molecule has 0 spiro atoms. The van der Waals surface area contributed by atoms with Gasteiger partial charge in [0.1, 0.15) is 5.92 Å². The fourth-order valence-corrected chi connectivity index (χ4v) is 2.83. The van der Waals surface area contributed by atoms with E-state index in [0.29, 0.717) is 6.42 Å². The van der Waals surface area contributed by atoms with Crippen LogP contribution in [-0.2, 0) is 9.59 Å². The van der Waals surface area contributed by atoms with Crippen LogP contribution < -0.4 is 10.6 Å². The first-order valence-corrected chi connectivity index (χ1v) is 7.40. The summed E-state index contributed by atoms with van der Waals surface area (Å²) in [7, 11) is 0. The van der Waals surface area contributed by atoms with Crippen molar-refractivity contribution in [3.63, 3.8) is 0 Å². The molecule has 4 amide bonds. The minimum absolute atomic E-state index is 0.105. The van der Waals surface area contributed by atoms with Gasteiger partial charge in [-0.2, -0.15) is 0 Å². The number of carbonyl (C=O) groups is 3. The zero-order valence-corrected chi connectivity index (χ0v) is 12.4. The first kappa shape index (κ1) is 15.0. The van der Waals surface area contributed by atoms with Crippen molar-refractivity contribution in [3.8, 4) is 0 Å². The largest absolute Gasteiger partial charge is 0.328 e. The Morgan fingerprint density at radius 1 is 0.739 bits per heavy atom. The Hall–Kier alpha value is -2.95. The van der Waals surface area contributed by atoms with E-state index >= 15 is 0 Å². The molecule has 1 aliphatic heterocycles. The predicted octanol–water partition coefficient (Wildman–Crippen LogP) is 2.19. The predicted molar refractivity (Wildman–Crippen MR) is 84.5 cm³/mol. The lowest BCUT2D eigenvalue weighted by Gasteiger charge is -2.25. The van der Waals surface area contributed by atoms with E-state index in [2.05, 4.69) is 10.6 Å². The molecule has 0 radical (unpaired) electrons. The van der Waals surface area contributed by atoms with Crippen LogP contribution in [0.25, 0.3) is 0 Å². The van der Waals surface area contributed by atoms with Crippen LogP contribution in [0.2, 0.25) is 0 Å². The molecule has 5 heteroatoms. The van der Waals surface area contributed by atoms with Gasteiger partial charge >= 0.3 is 6.03 Å². The third kappa shape index (κ3) is 3.29. The lowest BCUT2D eigenvalue weighted by molar-refractivity contribution is -0.136. The van der Waals surface area contributed by atoms with Crippen molar-refractivity contribution < 1.29 is 14.4 Å². The molecule has 2 N–H and O–H groups in total. The minimum Gasteiger partial charge on any atom is -0.277 e. The second kappa shape index (κ2) is 6.44. The maximum Gasteiger partial charge on any atom is 0.328 e. The smallest absolute Gasteiger partial charge is 0.277 e. The topological polar surface area (TPSA) is 75.3 Å². The Morgan fingerprint density at radius 3 is 1.61 bits per heavy atom. The summed E-state index contributed by atoms with van der Waals surface area (Å²) >= 11 is 0. The van der Waals surface area contributed by atoms with Gasteiger partial charge in [0.15, 0.2) is 0 Å². The van der Waals surface area contributed by atoms with Crippen molar-refractivity contribution in [2.45, 2.75) is 12.3 Å². The van der Waals surface area contributed by atoms with Gasteiger partial charge in [-0.05, 0) is 17.5 Å². The molecule has 0 aliphatic carbocycles. The van der Waals surface area contributed by atoms with E-state index in [4.69, 9.17) is 0 Å². The van der Waals surface area contributed by atoms with Crippen LogP contribution in [0.1, 0.15) is 23.5 Å². The number of urea groups is 1. The average molecular weight is 308 g/mol. The Balaban J connectivity index is 1.92. The molecule has 5 nitrogen and oxygen atoms in total. The molecule has 0 atom stereocenters. The first-order valence-electron chi connectivity index (χ1n) is 7.40. The van der Waals surface area contributed by atoms with Crippen LogP contribution in [0, 0.1) is 5.92 Å². The molecular formula is C18H16N2O3. The molecular weight excluding hydrogens is 292 g/mol. The van der Waals surface area contributed by atoms with Gasteiger partial charge in [0, 0.05) is 5.92 Å². The highest BCUT2D eigenvalue weighted by Crippen LogP contribution is 2.31. The van der Waals surface area contributed by atoms with Gasteiger partial charge < -0.3 is 0 Å². The van der Waals surface area contributed by atoms with E-state index in [-0.39, 0.29) is 5.92 Å². The van der Waals surface area contributed by atoms with Crippen LogP contribution in [-0.4, -0.2) is 17.8 Å². The molecule has 0 bridgehead atoms. The number of barbiturate groups is 1. The molecule has 23 heavy (non-hydrogen) atoms. The molecule has 0 aromatic heterocycles. The number of rotatable bonds is 4. The molecule has 2 aromatic rings. The zero-order valence-electron chi connectivity index (χ0n) is 12.4. The van der Waals surface area contributed by atoms with Crippen molar-refractivity contribution in [2.75, 3.05) is 0 Å². The highest BCUT2D eigenvalue weighted by molar-refractivity contribution is 6.16. The van der Waals surface area contributed by atoms with Crippen LogP contribution >= 0.6 is 0 Å². The van der Waals surface area contributed by atoms with E-state index in [1.807, 2.05) is 60.7 Å². The molecule has 0 unspecified atom stereocenters. The molecule has 0 saturated carbocycles. The summed E-state index contributed by atoms with van der Waals surface area (Å²) in [6, 6.07) is 18.7. The maximum atomic E-state index is 12.0. The Labute approximate surface area is 133 Å². The molecule has 2 aromatic carbocycles. The summed E-state index contributed by atoms with van der Waals surface area (Å²) < 4.78 is 0. The lowest BCUT2D eigenvalue weighted by atomic mass is 9.82. The quantitative estimate of drug-likeness (QED) is 0.850. The van der Waals surface area contributed by atoms with Crippen molar-refractivity contribution >= 4 is 17.8 Å². The molecule has 1 heterocycles. The summed E-state index contributed by atoms with van der Waals surface area (Å²) in [5.41, 5.74) is 2.05. The van der Waals surface area contributed by atoms with Crippen molar-refractivity contribution in [1.29, 1.82) is 0 Å². The lowest BCUT2D eigenvalue weighted by Crippen LogP contribution is -2.55. The second-order valence-electron chi connectivity index (χ2n) is 5.47. The fraction of sp³-hybridized carbons (Fsp3) is 0.167. The van der Waals surface area contributed by atoms with Gasteiger partial charge in [0.2, 0.25) is 11.8 Å². The number of benzene rings is 2. The number of carbonyl (C=O) groups excluding carboxylic acids is 3. The third-order valence-electron chi connectivity index (χ3n) is 3.98. The van der Waals surface area contributed by atoms with Gasteiger partial charge in [-0.25, -0.2) is 4.79 Å². The Morgan fingerprint density at radius 2 is 1.17 bits per heavy atom. The number of hydrogen-bond donors (Lipinski definition) is 2. The van der Waals surface area contributed by atoms with Crippen LogP contribution in [0.5, 0.6) is 0 Å². The molecule has 1 saturated heterocycles. The summed E-state index contributed by atoms with van der Waals surface area (Å²) in [5, 5.41) is 4.32. The van der Waals surface area contributed by atoms with Crippen molar-refractivity contribution in [2.24, 2.45) is 5.92 Å². The van der Waals surface area contributed by atoms with E-state index in [1.165, 1.54) is 0 Å². The second-order valence-corrected chi connectivity index (χ2v) is 5.47. The zero-order chi connectivity index (χ0) is 16.2. The van der Waals surface area contributed by atoms with Gasteiger partial charge in [-0.15, -0.1) is 0 Å². The molecule has 3 rings (SSSR count). The highest BCUT2D eigenvalue weighted by atomic mass is 16.2. The first-order chi connectivity index (χ1) is 11.1. The van der Waals surface area contributed by atoms with Crippen molar-refractivity contribution in [3.05, 3.63) is 71.8 Å². The van der Waals surface area contributed by atoms with E-state index < -0.39 is 23.8 Å². The van der Waals surface area contributed by atoms with Gasteiger partial charge in [0.05, 0.1) is 0 Å². The van der Waals surface area contributed by atoms with Crippen LogP contribution in [0.4, 0.5) is 4.79 Å².